The van der Waals surface area contributed by atoms with Gasteiger partial charge in [-0.05, 0) is 18.4 Å². The molecule has 0 heterocycles. The van der Waals surface area contributed by atoms with E-state index in [1.54, 1.807) is 12.1 Å². The van der Waals surface area contributed by atoms with Gasteiger partial charge in [0.25, 0.3) is 0 Å². The smallest absolute Gasteiger partial charge is 0.545 e. The first-order valence-corrected chi connectivity index (χ1v) is 4.80. The van der Waals surface area contributed by atoms with Crippen LogP contribution in [0, 0.1) is 0 Å². The van der Waals surface area contributed by atoms with Crippen molar-refractivity contribution in [3.63, 3.8) is 0 Å². The number of Topliss-reactive ketones (excluding diaryl/α,β-unsaturated/α-hetero) is 1. The molecule has 80 valence electrons. The van der Waals surface area contributed by atoms with Gasteiger partial charge in [0.15, 0.2) is 5.78 Å². The second kappa shape index (κ2) is 6.18. The molecule has 16 heavy (non-hydrogen) atoms. The maximum Gasteiger partial charge on any atom is 1.00 e. The molecular formula is C12H13NaO3. The van der Waals surface area contributed by atoms with Crippen molar-refractivity contribution in [1.82, 2.24) is 0 Å². The average molecular weight is 228 g/mol. The summed E-state index contributed by atoms with van der Waals surface area (Å²) in [5.74, 6) is -1.37. The number of benzene rings is 1. The van der Waals surface area contributed by atoms with Crippen molar-refractivity contribution in [3.05, 3.63) is 34.9 Å². The first-order valence-electron chi connectivity index (χ1n) is 4.80. The molecular weight excluding hydrogens is 215 g/mol. The van der Waals surface area contributed by atoms with Crippen LogP contribution in [0.2, 0.25) is 0 Å². The number of hydrogen-bond acceptors (Lipinski definition) is 3. The molecule has 1 aromatic carbocycles. The Hall–Kier alpha value is -0.640. The van der Waals surface area contributed by atoms with Crippen LogP contribution in [0.15, 0.2) is 18.2 Å². The summed E-state index contributed by atoms with van der Waals surface area (Å²) >= 11 is 0. The number of rotatable bonds is 3. The zero-order valence-electron chi connectivity index (χ0n) is 10.0. The number of carboxylic acid groups (broad SMARTS) is 1. The van der Waals surface area contributed by atoms with Crippen molar-refractivity contribution in [3.8, 4) is 0 Å². The fourth-order valence-electron chi connectivity index (χ4n) is 1.67. The first kappa shape index (κ1) is 15.4. The van der Waals surface area contributed by atoms with Gasteiger partial charge in [-0.15, -0.1) is 0 Å². The largest absolute Gasteiger partial charge is 1.00 e. The second-order valence-electron chi connectivity index (χ2n) is 3.77. The molecule has 0 spiro atoms. The summed E-state index contributed by atoms with van der Waals surface area (Å²) in [5.41, 5.74) is 1.13. The minimum absolute atomic E-state index is 0. The molecule has 0 aliphatic heterocycles. The average Bonchev–Trinajstić information content (AvgIpc) is 2.16. The molecule has 4 heteroatoms. The summed E-state index contributed by atoms with van der Waals surface area (Å²) in [6.07, 6.45) is 0. The van der Waals surface area contributed by atoms with E-state index < -0.39 is 5.97 Å². The van der Waals surface area contributed by atoms with Crippen LogP contribution in [0.25, 0.3) is 0 Å². The second-order valence-corrected chi connectivity index (χ2v) is 3.77. The van der Waals surface area contributed by atoms with Crippen LogP contribution in [-0.4, -0.2) is 11.8 Å². The summed E-state index contributed by atoms with van der Waals surface area (Å²) in [5, 5.41) is 10.9. The fraction of sp³-hybridized carbons (Fsp3) is 0.333. The van der Waals surface area contributed by atoms with E-state index in [2.05, 4.69) is 0 Å². The molecule has 0 unspecified atom stereocenters. The zero-order valence-corrected chi connectivity index (χ0v) is 12.0. The van der Waals surface area contributed by atoms with Crippen molar-refractivity contribution in [2.75, 3.05) is 0 Å². The third-order valence-electron chi connectivity index (χ3n) is 2.28. The predicted octanol–water partition coefficient (Wildman–Crippen LogP) is -1.62. The van der Waals surface area contributed by atoms with Gasteiger partial charge in [-0.3, -0.25) is 4.79 Å². The van der Waals surface area contributed by atoms with Crippen molar-refractivity contribution >= 4 is 11.8 Å². The Morgan fingerprint density at radius 2 is 1.69 bits per heavy atom. The van der Waals surface area contributed by atoms with E-state index in [-0.39, 0.29) is 46.8 Å². The molecule has 0 saturated heterocycles. The number of ketones is 1. The molecule has 0 atom stereocenters. The Morgan fingerprint density at radius 1 is 1.19 bits per heavy atom. The summed E-state index contributed by atoms with van der Waals surface area (Å²) in [7, 11) is 0. The molecule has 0 radical (unpaired) electrons. The Bertz CT molecular complexity index is 378. The van der Waals surface area contributed by atoms with Crippen molar-refractivity contribution in [1.29, 1.82) is 0 Å². The zero-order chi connectivity index (χ0) is 11.6. The van der Waals surface area contributed by atoms with Crippen LogP contribution in [-0.2, 0) is 0 Å². The third kappa shape index (κ3) is 3.17. The van der Waals surface area contributed by atoms with Gasteiger partial charge in [0, 0.05) is 11.1 Å². The Kier molecular flexibility index (Phi) is 5.94. The number of carboxylic acids is 1. The summed E-state index contributed by atoms with van der Waals surface area (Å²) in [4.78, 5) is 22.2. The molecule has 3 nitrogen and oxygen atoms in total. The molecule has 0 amide bonds. The normalized spacial score (nSPS) is 9.75. The van der Waals surface area contributed by atoms with E-state index in [4.69, 9.17) is 0 Å². The molecule has 1 aromatic rings. The SMILES string of the molecule is CC(=O)c1cccc(C(=O)[O-])c1C(C)C.[Na+]. The van der Waals surface area contributed by atoms with E-state index >= 15 is 0 Å². The molecule has 0 fully saturated rings. The van der Waals surface area contributed by atoms with Gasteiger partial charge >= 0.3 is 29.6 Å². The van der Waals surface area contributed by atoms with Gasteiger partial charge in [-0.1, -0.05) is 32.0 Å². The monoisotopic (exact) mass is 228 g/mol. The maximum atomic E-state index is 11.3. The van der Waals surface area contributed by atoms with Crippen LogP contribution in [0.4, 0.5) is 0 Å². The van der Waals surface area contributed by atoms with Crippen molar-refractivity contribution in [2.45, 2.75) is 26.7 Å². The quantitative estimate of drug-likeness (QED) is 0.461. The standard InChI is InChI=1S/C12H14O3.Na/c1-7(2)11-9(8(3)13)5-4-6-10(11)12(14)15;/h4-7H,1-3H3,(H,14,15);/q;+1/p-1. The molecule has 1 rings (SSSR count). The maximum absolute atomic E-state index is 11.3. The van der Waals surface area contributed by atoms with Gasteiger partial charge in [0.05, 0.1) is 5.97 Å². The van der Waals surface area contributed by atoms with Crippen molar-refractivity contribution < 1.29 is 44.3 Å². The number of carbonyl (C=O) groups is 2. The Labute approximate surface area is 117 Å². The van der Waals surface area contributed by atoms with Gasteiger partial charge in [-0.2, -0.15) is 0 Å². The number of hydrogen-bond donors (Lipinski definition) is 0. The number of aromatic carboxylic acids is 1. The Balaban J connectivity index is 0.00000225. The van der Waals surface area contributed by atoms with Crippen LogP contribution >= 0.6 is 0 Å². The van der Waals surface area contributed by atoms with Gasteiger partial charge in [0.1, 0.15) is 0 Å². The summed E-state index contributed by atoms with van der Waals surface area (Å²) < 4.78 is 0. The molecule has 0 aromatic heterocycles. The van der Waals surface area contributed by atoms with E-state index in [9.17, 15) is 14.7 Å². The van der Waals surface area contributed by atoms with Gasteiger partial charge in [0.2, 0.25) is 0 Å². The van der Waals surface area contributed by atoms with E-state index in [0.717, 1.165) is 0 Å². The van der Waals surface area contributed by atoms with Crippen LogP contribution in [0.1, 0.15) is 53.0 Å². The molecule has 0 aliphatic rings. The minimum atomic E-state index is -1.23. The van der Waals surface area contributed by atoms with E-state index in [1.165, 1.54) is 13.0 Å². The van der Waals surface area contributed by atoms with Gasteiger partial charge in [-0.25, -0.2) is 0 Å². The molecule has 0 saturated carbocycles. The van der Waals surface area contributed by atoms with E-state index in [0.29, 0.717) is 11.1 Å². The molecule has 0 N–H and O–H groups in total. The van der Waals surface area contributed by atoms with Gasteiger partial charge < -0.3 is 9.90 Å². The summed E-state index contributed by atoms with van der Waals surface area (Å²) in [6, 6.07) is 4.68. The molecule has 0 bridgehead atoms. The Morgan fingerprint density at radius 3 is 2.06 bits per heavy atom. The molecule has 0 aliphatic carbocycles. The van der Waals surface area contributed by atoms with Crippen LogP contribution in [0.5, 0.6) is 0 Å². The number of carbonyl (C=O) groups excluding carboxylic acids is 2. The third-order valence-corrected chi connectivity index (χ3v) is 2.28. The van der Waals surface area contributed by atoms with Crippen LogP contribution < -0.4 is 34.7 Å². The fourth-order valence-corrected chi connectivity index (χ4v) is 1.67. The predicted molar refractivity (Wildman–Crippen MR) is 54.9 cm³/mol. The summed E-state index contributed by atoms with van der Waals surface area (Å²) in [6.45, 7) is 5.14. The minimum Gasteiger partial charge on any atom is -0.545 e. The topological polar surface area (TPSA) is 57.2 Å². The van der Waals surface area contributed by atoms with Crippen LogP contribution in [0.3, 0.4) is 0 Å². The van der Waals surface area contributed by atoms with Crippen molar-refractivity contribution in [2.24, 2.45) is 0 Å². The van der Waals surface area contributed by atoms with E-state index in [1.807, 2.05) is 13.8 Å². The first-order chi connectivity index (χ1) is 6.95.